The predicted octanol–water partition coefficient (Wildman–Crippen LogP) is 5.91. The van der Waals surface area contributed by atoms with E-state index in [0.717, 1.165) is 26.6 Å². The van der Waals surface area contributed by atoms with Gasteiger partial charge in [0, 0.05) is 26.3 Å². The Kier molecular flexibility index (Phi) is 4.65. The molecule has 4 aromatic rings. The van der Waals surface area contributed by atoms with Crippen molar-refractivity contribution in [2.24, 2.45) is 0 Å². The smallest absolute Gasteiger partial charge is 0.277 e. The van der Waals surface area contributed by atoms with Gasteiger partial charge in [-0.1, -0.05) is 41.6 Å². The van der Waals surface area contributed by atoms with Crippen molar-refractivity contribution in [3.05, 3.63) is 58.4 Å². The third-order valence-corrected chi connectivity index (χ3v) is 6.41. The third kappa shape index (κ3) is 3.38. The molecule has 0 fully saturated rings. The summed E-state index contributed by atoms with van der Waals surface area (Å²) in [5, 5.41) is 10.6. The van der Waals surface area contributed by atoms with E-state index in [4.69, 9.17) is 20.8 Å². The molecule has 0 radical (unpaired) electrons. The maximum Gasteiger partial charge on any atom is 0.277 e. The molecule has 126 valence electrons. The largest absolute Gasteiger partial charge is 0.497 e. The van der Waals surface area contributed by atoms with Gasteiger partial charge in [0.25, 0.3) is 5.22 Å². The number of rotatable bonds is 5. The molecule has 0 aliphatic rings. The average molecular weight is 389 g/mol. The van der Waals surface area contributed by atoms with E-state index >= 15 is 0 Å². The fourth-order valence-corrected chi connectivity index (χ4v) is 4.83. The van der Waals surface area contributed by atoms with Gasteiger partial charge in [-0.3, -0.25) is 0 Å². The molecule has 0 spiro atoms. The second kappa shape index (κ2) is 7.07. The summed E-state index contributed by atoms with van der Waals surface area (Å²) in [5.74, 6) is 1.98. The molecule has 25 heavy (non-hydrogen) atoms. The van der Waals surface area contributed by atoms with Crippen LogP contribution < -0.4 is 4.74 Å². The lowest BCUT2D eigenvalue weighted by molar-refractivity contribution is 0.414. The number of thiophene rings is 1. The molecule has 4 nitrogen and oxygen atoms in total. The van der Waals surface area contributed by atoms with Crippen LogP contribution in [-0.4, -0.2) is 17.3 Å². The highest BCUT2D eigenvalue weighted by molar-refractivity contribution is 7.98. The number of fused-ring (bicyclic) bond motifs is 1. The number of ether oxygens (including phenoxy) is 1. The van der Waals surface area contributed by atoms with Crippen molar-refractivity contribution in [3.8, 4) is 17.2 Å². The molecule has 2 heterocycles. The monoisotopic (exact) mass is 388 g/mol. The lowest BCUT2D eigenvalue weighted by Gasteiger charge is -1.99. The zero-order valence-corrected chi connectivity index (χ0v) is 15.6. The Morgan fingerprint density at radius 2 is 1.92 bits per heavy atom. The van der Waals surface area contributed by atoms with Crippen LogP contribution in [0.4, 0.5) is 0 Å². The van der Waals surface area contributed by atoms with Gasteiger partial charge in [0.2, 0.25) is 5.89 Å². The molecule has 0 unspecified atom stereocenters. The first-order chi connectivity index (χ1) is 12.2. The first kappa shape index (κ1) is 16.4. The van der Waals surface area contributed by atoms with Crippen LogP contribution >= 0.6 is 34.7 Å². The first-order valence-electron chi connectivity index (χ1n) is 7.51. The van der Waals surface area contributed by atoms with Crippen LogP contribution in [0.5, 0.6) is 5.75 Å². The summed E-state index contributed by atoms with van der Waals surface area (Å²) >= 11 is 9.65. The predicted molar refractivity (Wildman–Crippen MR) is 103 cm³/mol. The molecule has 0 aliphatic heterocycles. The van der Waals surface area contributed by atoms with Crippen LogP contribution in [-0.2, 0) is 5.75 Å². The molecule has 0 aliphatic carbocycles. The maximum atomic E-state index is 6.47. The van der Waals surface area contributed by atoms with Gasteiger partial charge in [0.15, 0.2) is 0 Å². The molecule has 2 aromatic heterocycles. The summed E-state index contributed by atoms with van der Waals surface area (Å²) in [6.45, 7) is 0. The van der Waals surface area contributed by atoms with E-state index in [1.807, 2.05) is 42.5 Å². The van der Waals surface area contributed by atoms with Gasteiger partial charge in [0.05, 0.1) is 12.1 Å². The van der Waals surface area contributed by atoms with Crippen molar-refractivity contribution in [2.75, 3.05) is 7.11 Å². The van der Waals surface area contributed by atoms with Crippen molar-refractivity contribution >= 4 is 44.8 Å². The van der Waals surface area contributed by atoms with E-state index in [1.54, 1.807) is 18.4 Å². The number of aromatic nitrogens is 2. The van der Waals surface area contributed by atoms with Crippen molar-refractivity contribution in [1.29, 1.82) is 0 Å². The fourth-order valence-electron chi connectivity index (χ4n) is 2.40. The van der Waals surface area contributed by atoms with Crippen molar-refractivity contribution in [2.45, 2.75) is 11.0 Å². The molecular formula is C18H13ClN2O2S2. The summed E-state index contributed by atoms with van der Waals surface area (Å²) in [6, 6.07) is 15.6. The first-order valence-corrected chi connectivity index (χ1v) is 9.69. The molecule has 0 saturated heterocycles. The van der Waals surface area contributed by atoms with Gasteiger partial charge < -0.3 is 9.15 Å². The summed E-state index contributed by atoms with van der Waals surface area (Å²) < 4.78 is 12.1. The standard InChI is InChI=1S/C18H13ClN2O2S2/c1-22-12-8-6-11(7-9-12)17-20-21-18(23-17)24-10-15-16(19)13-4-2-3-5-14(13)25-15/h2-9H,10H2,1H3. The molecular weight excluding hydrogens is 376 g/mol. The van der Waals surface area contributed by atoms with Crippen LogP contribution in [0, 0.1) is 0 Å². The molecule has 0 atom stereocenters. The molecule has 7 heteroatoms. The Bertz CT molecular complexity index is 1010. The van der Waals surface area contributed by atoms with Crippen molar-refractivity contribution < 1.29 is 9.15 Å². The number of thioether (sulfide) groups is 1. The number of methoxy groups -OCH3 is 1. The van der Waals surface area contributed by atoms with Crippen molar-refractivity contribution in [1.82, 2.24) is 10.2 Å². The Balaban J connectivity index is 1.49. The molecule has 0 N–H and O–H groups in total. The van der Waals surface area contributed by atoms with Crippen molar-refractivity contribution in [3.63, 3.8) is 0 Å². The summed E-state index contributed by atoms with van der Waals surface area (Å²) in [4.78, 5) is 1.11. The summed E-state index contributed by atoms with van der Waals surface area (Å²) in [5.41, 5.74) is 0.861. The Morgan fingerprint density at radius 3 is 2.68 bits per heavy atom. The van der Waals surface area contributed by atoms with Crippen LogP contribution in [0.2, 0.25) is 5.02 Å². The number of benzene rings is 2. The Morgan fingerprint density at radius 1 is 1.12 bits per heavy atom. The van der Waals surface area contributed by atoms with Gasteiger partial charge in [-0.25, -0.2) is 0 Å². The zero-order chi connectivity index (χ0) is 17.2. The van der Waals surface area contributed by atoms with E-state index in [-0.39, 0.29) is 0 Å². The maximum absolute atomic E-state index is 6.47. The number of nitrogens with zero attached hydrogens (tertiary/aromatic N) is 2. The second-order valence-electron chi connectivity index (χ2n) is 5.23. The van der Waals surface area contributed by atoms with Gasteiger partial charge in [-0.05, 0) is 30.3 Å². The zero-order valence-electron chi connectivity index (χ0n) is 13.2. The van der Waals surface area contributed by atoms with Crippen LogP contribution in [0.3, 0.4) is 0 Å². The minimum absolute atomic E-state index is 0.493. The van der Waals surface area contributed by atoms with Gasteiger partial charge in [0.1, 0.15) is 5.75 Å². The van der Waals surface area contributed by atoms with Gasteiger partial charge in [-0.15, -0.1) is 21.5 Å². The van der Waals surface area contributed by atoms with E-state index in [2.05, 4.69) is 16.3 Å². The SMILES string of the molecule is COc1ccc(-c2nnc(SCc3sc4ccccc4c3Cl)o2)cc1. The highest BCUT2D eigenvalue weighted by atomic mass is 35.5. The molecule has 0 amide bonds. The quantitative estimate of drug-likeness (QED) is 0.398. The van der Waals surface area contributed by atoms with Gasteiger partial charge >= 0.3 is 0 Å². The Labute approximate surface area is 157 Å². The number of hydrogen-bond acceptors (Lipinski definition) is 6. The topological polar surface area (TPSA) is 48.2 Å². The third-order valence-electron chi connectivity index (χ3n) is 3.67. The molecule has 2 aromatic carbocycles. The minimum Gasteiger partial charge on any atom is -0.497 e. The molecule has 4 rings (SSSR count). The van der Waals surface area contributed by atoms with E-state index in [1.165, 1.54) is 16.5 Å². The minimum atomic E-state index is 0.493. The number of halogens is 1. The highest BCUT2D eigenvalue weighted by Crippen LogP contribution is 2.38. The van der Waals surface area contributed by atoms with Crippen LogP contribution in [0.1, 0.15) is 4.88 Å². The van der Waals surface area contributed by atoms with Crippen LogP contribution in [0.15, 0.2) is 58.2 Å². The number of hydrogen-bond donors (Lipinski definition) is 0. The van der Waals surface area contributed by atoms with Crippen LogP contribution in [0.25, 0.3) is 21.5 Å². The Hall–Kier alpha value is -2.02. The van der Waals surface area contributed by atoms with E-state index in [0.29, 0.717) is 16.9 Å². The lowest BCUT2D eigenvalue weighted by atomic mass is 10.2. The van der Waals surface area contributed by atoms with E-state index < -0.39 is 0 Å². The summed E-state index contributed by atoms with van der Waals surface area (Å²) in [6.07, 6.45) is 0. The molecule has 0 bridgehead atoms. The average Bonchev–Trinajstić information content (AvgIpc) is 3.25. The fraction of sp³-hybridized carbons (Fsp3) is 0.111. The van der Waals surface area contributed by atoms with E-state index in [9.17, 15) is 0 Å². The second-order valence-corrected chi connectivity index (χ2v) is 7.67. The summed E-state index contributed by atoms with van der Waals surface area (Å²) in [7, 11) is 1.63. The van der Waals surface area contributed by atoms with Gasteiger partial charge in [-0.2, -0.15) is 0 Å². The normalized spacial score (nSPS) is 11.1. The highest BCUT2D eigenvalue weighted by Gasteiger charge is 2.13. The molecule has 0 saturated carbocycles. The lowest BCUT2D eigenvalue weighted by Crippen LogP contribution is -1.82.